The maximum Gasteiger partial charge on any atom is 0.258 e. The number of hydrogen-bond donors (Lipinski definition) is 1. The van der Waals surface area contributed by atoms with Crippen molar-refractivity contribution in [2.24, 2.45) is 0 Å². The Morgan fingerprint density at radius 1 is 1.67 bits per heavy atom. The second kappa shape index (κ2) is 3.63. The highest BCUT2D eigenvalue weighted by molar-refractivity contribution is 5.97. The Morgan fingerprint density at radius 2 is 2.47 bits per heavy atom. The normalized spacial score (nSPS) is 20.4. The molecule has 1 atom stereocenters. The summed E-state index contributed by atoms with van der Waals surface area (Å²) in [6.07, 6.45) is 0.817. The molecule has 1 fully saturated rings. The van der Waals surface area contributed by atoms with Gasteiger partial charge in [-0.3, -0.25) is 9.69 Å². The Morgan fingerprint density at radius 3 is 3.07 bits per heavy atom. The molecule has 2 heterocycles. The molecule has 2 rings (SSSR count). The van der Waals surface area contributed by atoms with E-state index in [1.807, 2.05) is 6.07 Å². The molecule has 76 valence electrons. The van der Waals surface area contributed by atoms with Crippen LogP contribution < -0.4 is 4.90 Å². The van der Waals surface area contributed by atoms with Crippen molar-refractivity contribution in [3.8, 4) is 6.07 Å². The molecule has 15 heavy (non-hydrogen) atoms. The third-order valence-corrected chi connectivity index (χ3v) is 2.18. The Labute approximate surface area is 85.8 Å². The van der Waals surface area contributed by atoms with Gasteiger partial charge in [0.25, 0.3) is 5.91 Å². The summed E-state index contributed by atoms with van der Waals surface area (Å²) in [5.41, 5.74) is 0.203. The molecule has 1 aromatic rings. The predicted octanol–water partition coefficient (Wildman–Crippen LogP) is -0.554. The van der Waals surface area contributed by atoms with Gasteiger partial charge in [0.05, 0.1) is 0 Å². The fourth-order valence-corrected chi connectivity index (χ4v) is 1.40. The van der Waals surface area contributed by atoms with Crippen LogP contribution in [0.3, 0.4) is 0 Å². The monoisotopic (exact) mass is 204 g/mol. The van der Waals surface area contributed by atoms with E-state index in [1.165, 1.54) is 17.2 Å². The molecule has 0 bridgehead atoms. The number of rotatable bonds is 1. The highest BCUT2D eigenvalue weighted by atomic mass is 16.3. The Balaban J connectivity index is 2.31. The standard InChI is InChI=1S/C9H8N4O2/c10-5-6-1-3-11-9(12-6)13-4-2-7(14)8(13)15/h1,3,7,14H,2,4H2. The summed E-state index contributed by atoms with van der Waals surface area (Å²) in [5, 5.41) is 17.9. The average Bonchev–Trinajstić information content (AvgIpc) is 2.60. The summed E-state index contributed by atoms with van der Waals surface area (Å²) in [5.74, 6) is -0.235. The van der Waals surface area contributed by atoms with Crippen LogP contribution in [0.2, 0.25) is 0 Å². The summed E-state index contributed by atoms with van der Waals surface area (Å²) in [7, 11) is 0. The van der Waals surface area contributed by atoms with E-state index in [0.29, 0.717) is 13.0 Å². The van der Waals surface area contributed by atoms with Gasteiger partial charge in [0.2, 0.25) is 5.95 Å². The lowest BCUT2D eigenvalue weighted by atomic mass is 10.3. The zero-order valence-electron chi connectivity index (χ0n) is 7.79. The van der Waals surface area contributed by atoms with E-state index in [9.17, 15) is 9.90 Å². The van der Waals surface area contributed by atoms with Gasteiger partial charge in [-0.2, -0.15) is 5.26 Å². The molecule has 1 unspecified atom stereocenters. The quantitative estimate of drug-likeness (QED) is 0.662. The van der Waals surface area contributed by atoms with E-state index in [1.54, 1.807) is 0 Å². The summed E-state index contributed by atoms with van der Waals surface area (Å²) in [6, 6.07) is 3.32. The Hall–Kier alpha value is -2.00. The summed E-state index contributed by atoms with van der Waals surface area (Å²) < 4.78 is 0. The molecule has 1 aliphatic rings. The lowest BCUT2D eigenvalue weighted by Crippen LogP contribution is -2.30. The number of amides is 1. The predicted molar refractivity (Wildman–Crippen MR) is 49.7 cm³/mol. The molecule has 6 heteroatoms. The molecule has 0 spiro atoms. The van der Waals surface area contributed by atoms with Crippen LogP contribution in [-0.2, 0) is 4.79 Å². The highest BCUT2D eigenvalue weighted by Gasteiger charge is 2.32. The molecule has 0 aliphatic carbocycles. The van der Waals surface area contributed by atoms with E-state index in [4.69, 9.17) is 5.26 Å². The van der Waals surface area contributed by atoms with Crippen LogP contribution in [0.15, 0.2) is 12.3 Å². The molecule has 1 aromatic heterocycles. The van der Waals surface area contributed by atoms with Crippen molar-refractivity contribution in [3.05, 3.63) is 18.0 Å². The third kappa shape index (κ3) is 1.65. The minimum atomic E-state index is -0.973. The van der Waals surface area contributed by atoms with Crippen LogP contribution in [0.25, 0.3) is 0 Å². The third-order valence-electron chi connectivity index (χ3n) is 2.18. The lowest BCUT2D eigenvalue weighted by molar-refractivity contribution is -0.124. The van der Waals surface area contributed by atoms with Crippen LogP contribution in [-0.4, -0.2) is 33.6 Å². The van der Waals surface area contributed by atoms with Gasteiger partial charge in [-0.25, -0.2) is 9.97 Å². The topological polar surface area (TPSA) is 90.1 Å². The second-order valence-corrected chi connectivity index (χ2v) is 3.15. The van der Waals surface area contributed by atoms with Gasteiger partial charge in [-0.05, 0) is 6.07 Å². The summed E-state index contributed by atoms with van der Waals surface area (Å²) in [6.45, 7) is 0.384. The number of aliphatic hydroxyl groups is 1. The number of aliphatic hydroxyl groups excluding tert-OH is 1. The summed E-state index contributed by atoms with van der Waals surface area (Å²) >= 11 is 0. The molecule has 6 nitrogen and oxygen atoms in total. The number of aromatic nitrogens is 2. The molecule has 1 saturated heterocycles. The zero-order valence-corrected chi connectivity index (χ0v) is 7.79. The SMILES string of the molecule is N#Cc1ccnc(N2CCC(O)C2=O)n1. The molecular formula is C9H8N4O2. The number of hydrogen-bond acceptors (Lipinski definition) is 5. The van der Waals surface area contributed by atoms with Gasteiger partial charge in [-0.15, -0.1) is 0 Å². The number of carbonyl (C=O) groups excluding carboxylic acids is 1. The minimum absolute atomic E-state index is 0.176. The molecule has 0 saturated carbocycles. The average molecular weight is 204 g/mol. The van der Waals surface area contributed by atoms with Crippen LogP contribution in [0, 0.1) is 11.3 Å². The maximum absolute atomic E-state index is 11.4. The van der Waals surface area contributed by atoms with Gasteiger partial charge in [0, 0.05) is 19.2 Å². The van der Waals surface area contributed by atoms with Crippen molar-refractivity contribution in [3.63, 3.8) is 0 Å². The van der Waals surface area contributed by atoms with Gasteiger partial charge in [0.15, 0.2) is 0 Å². The Bertz CT molecular complexity index is 440. The van der Waals surface area contributed by atoms with Crippen LogP contribution in [0.4, 0.5) is 5.95 Å². The number of carbonyl (C=O) groups is 1. The fourth-order valence-electron chi connectivity index (χ4n) is 1.40. The first-order valence-electron chi connectivity index (χ1n) is 4.45. The second-order valence-electron chi connectivity index (χ2n) is 3.15. The van der Waals surface area contributed by atoms with E-state index < -0.39 is 12.0 Å². The van der Waals surface area contributed by atoms with Crippen molar-refractivity contribution in [1.82, 2.24) is 9.97 Å². The number of anilines is 1. The maximum atomic E-state index is 11.4. The molecule has 1 aliphatic heterocycles. The van der Waals surface area contributed by atoms with Crippen molar-refractivity contribution < 1.29 is 9.90 Å². The van der Waals surface area contributed by atoms with Gasteiger partial charge < -0.3 is 5.11 Å². The zero-order chi connectivity index (χ0) is 10.8. The van der Waals surface area contributed by atoms with Gasteiger partial charge in [0.1, 0.15) is 17.9 Å². The van der Waals surface area contributed by atoms with Crippen LogP contribution in [0.5, 0.6) is 0 Å². The number of nitriles is 1. The highest BCUT2D eigenvalue weighted by Crippen LogP contribution is 2.17. The van der Waals surface area contributed by atoms with Crippen molar-refractivity contribution in [1.29, 1.82) is 5.26 Å². The number of nitrogens with zero attached hydrogens (tertiary/aromatic N) is 4. The fraction of sp³-hybridized carbons (Fsp3) is 0.333. The van der Waals surface area contributed by atoms with E-state index in [2.05, 4.69) is 9.97 Å². The molecule has 0 radical (unpaired) electrons. The van der Waals surface area contributed by atoms with Gasteiger partial charge >= 0.3 is 0 Å². The smallest absolute Gasteiger partial charge is 0.258 e. The molecular weight excluding hydrogens is 196 g/mol. The largest absolute Gasteiger partial charge is 0.383 e. The summed E-state index contributed by atoms with van der Waals surface area (Å²) in [4.78, 5) is 20.5. The lowest BCUT2D eigenvalue weighted by Gasteiger charge is -2.12. The van der Waals surface area contributed by atoms with Crippen molar-refractivity contribution in [2.75, 3.05) is 11.4 Å². The molecule has 1 amide bonds. The van der Waals surface area contributed by atoms with E-state index in [-0.39, 0.29) is 11.6 Å². The molecule has 0 aromatic carbocycles. The minimum Gasteiger partial charge on any atom is -0.383 e. The van der Waals surface area contributed by atoms with E-state index >= 15 is 0 Å². The van der Waals surface area contributed by atoms with E-state index in [0.717, 1.165) is 0 Å². The van der Waals surface area contributed by atoms with Crippen molar-refractivity contribution in [2.45, 2.75) is 12.5 Å². The molecule has 1 N–H and O–H groups in total. The Kier molecular flexibility index (Phi) is 2.31. The first-order chi connectivity index (χ1) is 7.22. The first kappa shape index (κ1) is 9.55. The van der Waals surface area contributed by atoms with Gasteiger partial charge in [-0.1, -0.05) is 0 Å². The van der Waals surface area contributed by atoms with Crippen LogP contribution in [0.1, 0.15) is 12.1 Å². The van der Waals surface area contributed by atoms with Crippen LogP contribution >= 0.6 is 0 Å². The first-order valence-corrected chi connectivity index (χ1v) is 4.45. The van der Waals surface area contributed by atoms with Crippen molar-refractivity contribution >= 4 is 11.9 Å².